The summed E-state index contributed by atoms with van der Waals surface area (Å²) in [5.74, 6) is 0.0803. The number of pyridine rings is 2. The van der Waals surface area contributed by atoms with Gasteiger partial charge in [0.15, 0.2) is 0 Å². The number of piperazine rings is 1. The van der Waals surface area contributed by atoms with Crippen molar-refractivity contribution in [2.75, 3.05) is 44.2 Å². The number of rotatable bonds is 6. The summed E-state index contributed by atoms with van der Waals surface area (Å²) in [6, 6.07) is 12.7. The van der Waals surface area contributed by atoms with E-state index in [2.05, 4.69) is 37.6 Å². The van der Waals surface area contributed by atoms with E-state index in [1.54, 1.807) is 36.7 Å². The quantitative estimate of drug-likeness (QED) is 0.572. The monoisotopic (exact) mass is 474 g/mol. The van der Waals surface area contributed by atoms with Crippen LogP contribution in [0.15, 0.2) is 61.1 Å². The molecule has 2 aromatic heterocycles. The number of benzene rings is 1. The molecule has 2 saturated heterocycles. The van der Waals surface area contributed by atoms with E-state index >= 15 is 4.39 Å². The average molecular weight is 475 g/mol. The van der Waals surface area contributed by atoms with Crippen molar-refractivity contribution >= 4 is 11.7 Å². The first kappa shape index (κ1) is 23.4. The molecule has 2 N–H and O–H groups in total. The Morgan fingerprint density at radius 2 is 1.86 bits per heavy atom. The molecular formula is C27H31FN6O. The molecule has 7 nitrogen and oxygen atoms in total. The van der Waals surface area contributed by atoms with Crippen molar-refractivity contribution in [2.24, 2.45) is 0 Å². The largest absolute Gasteiger partial charge is 0.356 e. The van der Waals surface area contributed by atoms with Gasteiger partial charge in [-0.2, -0.15) is 0 Å². The van der Waals surface area contributed by atoms with Crippen molar-refractivity contribution in [3.8, 4) is 11.1 Å². The summed E-state index contributed by atoms with van der Waals surface area (Å²) in [6.07, 6.45) is 6.80. The maximum Gasteiger partial charge on any atom is 0.254 e. The molecular weight excluding hydrogens is 443 g/mol. The summed E-state index contributed by atoms with van der Waals surface area (Å²) >= 11 is 0. The van der Waals surface area contributed by atoms with Crippen LogP contribution in [0.25, 0.3) is 11.1 Å². The first-order valence-electron chi connectivity index (χ1n) is 12.3. The molecule has 5 rings (SSSR count). The zero-order chi connectivity index (χ0) is 24.0. The minimum absolute atomic E-state index is 0.00665. The van der Waals surface area contributed by atoms with E-state index in [-0.39, 0.29) is 17.5 Å². The Kier molecular flexibility index (Phi) is 7.30. The Bertz CT molecular complexity index is 1130. The van der Waals surface area contributed by atoms with Gasteiger partial charge in [-0.1, -0.05) is 24.3 Å². The van der Waals surface area contributed by atoms with Gasteiger partial charge in [0.25, 0.3) is 5.91 Å². The van der Waals surface area contributed by atoms with Gasteiger partial charge in [-0.25, -0.2) is 9.37 Å². The van der Waals surface area contributed by atoms with Gasteiger partial charge in [0.1, 0.15) is 11.6 Å². The van der Waals surface area contributed by atoms with E-state index in [1.807, 2.05) is 6.20 Å². The van der Waals surface area contributed by atoms with E-state index in [0.29, 0.717) is 11.1 Å². The fourth-order valence-corrected chi connectivity index (χ4v) is 4.79. The van der Waals surface area contributed by atoms with Crippen molar-refractivity contribution in [1.82, 2.24) is 25.5 Å². The number of hydrogen-bond donors (Lipinski definition) is 2. The second-order valence-electron chi connectivity index (χ2n) is 9.19. The molecule has 0 unspecified atom stereocenters. The Balaban J connectivity index is 1.15. The summed E-state index contributed by atoms with van der Waals surface area (Å²) in [6.45, 7) is 6.75. The third-order valence-corrected chi connectivity index (χ3v) is 6.79. The minimum atomic E-state index is -0.513. The smallest absolute Gasteiger partial charge is 0.254 e. The number of nitrogens with zero attached hydrogens (tertiary/aromatic N) is 4. The fourth-order valence-electron chi connectivity index (χ4n) is 4.79. The van der Waals surface area contributed by atoms with Crippen LogP contribution in [0.2, 0.25) is 0 Å². The number of nitrogens with one attached hydrogen (secondary N) is 2. The predicted octanol–water partition coefficient (Wildman–Crippen LogP) is 3.09. The molecule has 0 radical (unpaired) electrons. The molecule has 1 aromatic carbocycles. The highest BCUT2D eigenvalue weighted by molar-refractivity contribution is 5.96. The highest BCUT2D eigenvalue weighted by Crippen LogP contribution is 2.25. The van der Waals surface area contributed by atoms with Crippen LogP contribution in [0.5, 0.6) is 0 Å². The average Bonchev–Trinajstić information content (AvgIpc) is 2.91. The summed E-state index contributed by atoms with van der Waals surface area (Å²) < 4.78 is 15.1. The van der Waals surface area contributed by atoms with Gasteiger partial charge < -0.3 is 15.5 Å². The predicted molar refractivity (Wildman–Crippen MR) is 135 cm³/mol. The number of anilines is 1. The molecule has 4 heterocycles. The highest BCUT2D eigenvalue weighted by atomic mass is 19.1. The van der Waals surface area contributed by atoms with Crippen LogP contribution >= 0.6 is 0 Å². The lowest BCUT2D eigenvalue weighted by molar-refractivity contribution is 0.0927. The van der Waals surface area contributed by atoms with E-state index in [9.17, 15) is 4.79 Å². The van der Waals surface area contributed by atoms with Crippen LogP contribution in [0, 0.1) is 5.82 Å². The maximum absolute atomic E-state index is 15.1. The Labute approximate surface area is 205 Å². The van der Waals surface area contributed by atoms with Gasteiger partial charge in [-0.05, 0) is 36.6 Å². The lowest BCUT2D eigenvalue weighted by atomic mass is 10.0. The molecule has 2 fully saturated rings. The molecule has 2 aliphatic heterocycles. The number of piperidine rings is 1. The van der Waals surface area contributed by atoms with Crippen LogP contribution in [0.3, 0.4) is 0 Å². The van der Waals surface area contributed by atoms with Crippen LogP contribution < -0.4 is 15.5 Å². The second kappa shape index (κ2) is 10.9. The van der Waals surface area contributed by atoms with Gasteiger partial charge in [-0.15, -0.1) is 0 Å². The Hall–Kier alpha value is -3.36. The molecule has 0 atom stereocenters. The third kappa shape index (κ3) is 5.66. The van der Waals surface area contributed by atoms with Crippen molar-refractivity contribution in [2.45, 2.75) is 25.4 Å². The zero-order valence-electron chi connectivity index (χ0n) is 19.8. The summed E-state index contributed by atoms with van der Waals surface area (Å²) in [5, 5.41) is 6.41. The first-order valence-corrected chi connectivity index (χ1v) is 12.3. The summed E-state index contributed by atoms with van der Waals surface area (Å²) in [5.41, 5.74) is 2.33. The molecule has 0 aliphatic carbocycles. The number of carbonyl (C=O) groups is 1. The molecule has 0 saturated carbocycles. The van der Waals surface area contributed by atoms with Crippen LogP contribution in [-0.2, 0) is 6.54 Å². The Morgan fingerprint density at radius 1 is 1.03 bits per heavy atom. The molecule has 182 valence electrons. The topological polar surface area (TPSA) is 73.4 Å². The summed E-state index contributed by atoms with van der Waals surface area (Å²) in [7, 11) is 0. The Morgan fingerprint density at radius 3 is 2.57 bits per heavy atom. The van der Waals surface area contributed by atoms with Crippen LogP contribution in [0.1, 0.15) is 28.8 Å². The van der Waals surface area contributed by atoms with E-state index < -0.39 is 5.82 Å². The lowest BCUT2D eigenvalue weighted by Crippen LogP contribution is -2.45. The third-order valence-electron chi connectivity index (χ3n) is 6.79. The molecule has 3 aromatic rings. The number of amides is 1. The first-order chi connectivity index (χ1) is 17.2. The van der Waals surface area contributed by atoms with Gasteiger partial charge in [0, 0.05) is 81.6 Å². The molecule has 2 aliphatic rings. The normalized spacial score (nSPS) is 17.3. The zero-order valence-corrected chi connectivity index (χ0v) is 19.8. The van der Waals surface area contributed by atoms with Crippen molar-refractivity contribution in [3.05, 3.63) is 78.0 Å². The lowest BCUT2D eigenvalue weighted by Gasteiger charge is -2.33. The summed E-state index contributed by atoms with van der Waals surface area (Å²) in [4.78, 5) is 26.3. The van der Waals surface area contributed by atoms with Crippen LogP contribution in [-0.4, -0.2) is 66.1 Å². The van der Waals surface area contributed by atoms with Crippen LogP contribution in [0.4, 0.5) is 10.2 Å². The fraction of sp³-hybridized carbons (Fsp3) is 0.370. The molecule has 1 amide bonds. The van der Waals surface area contributed by atoms with Gasteiger partial charge >= 0.3 is 0 Å². The molecule has 35 heavy (non-hydrogen) atoms. The van der Waals surface area contributed by atoms with Gasteiger partial charge in [0.2, 0.25) is 0 Å². The van der Waals surface area contributed by atoms with Crippen molar-refractivity contribution in [1.29, 1.82) is 0 Å². The van der Waals surface area contributed by atoms with Crippen molar-refractivity contribution < 1.29 is 9.18 Å². The second-order valence-corrected chi connectivity index (χ2v) is 9.19. The van der Waals surface area contributed by atoms with Crippen molar-refractivity contribution in [3.63, 3.8) is 0 Å². The van der Waals surface area contributed by atoms with E-state index in [0.717, 1.165) is 64.5 Å². The standard InChI is InChI=1S/C27H31FN6O/c28-26-23(21-3-2-10-30-18-21)4-1-5-24(26)27(35)32-22-8-13-34(14-9-22)25-7-6-20(17-31-25)19-33-15-11-29-12-16-33/h1-7,10,17-18,22,29H,8-9,11-16,19H2,(H,32,35). The molecule has 0 spiro atoms. The highest BCUT2D eigenvalue weighted by Gasteiger charge is 2.24. The van der Waals surface area contributed by atoms with E-state index in [1.165, 1.54) is 11.6 Å². The molecule has 0 bridgehead atoms. The van der Waals surface area contributed by atoms with Gasteiger partial charge in [-0.3, -0.25) is 14.7 Å². The molecule has 8 heteroatoms. The van der Waals surface area contributed by atoms with E-state index in [4.69, 9.17) is 4.98 Å². The number of hydrogen-bond acceptors (Lipinski definition) is 6. The maximum atomic E-state index is 15.1. The SMILES string of the molecule is O=C(NC1CCN(c2ccc(CN3CCNCC3)cn2)CC1)c1cccc(-c2cccnc2)c1F. The minimum Gasteiger partial charge on any atom is -0.356 e. The number of aromatic nitrogens is 2. The van der Waals surface area contributed by atoms with Gasteiger partial charge in [0.05, 0.1) is 5.56 Å². The number of halogens is 1. The number of carbonyl (C=O) groups excluding carboxylic acids is 1.